The van der Waals surface area contributed by atoms with Gasteiger partial charge in [-0.15, -0.1) is 23.1 Å². The van der Waals surface area contributed by atoms with Gasteiger partial charge in [-0.1, -0.05) is 42.8 Å². The summed E-state index contributed by atoms with van der Waals surface area (Å²) >= 11 is 8.96. The Balaban J connectivity index is 1.50. The molecule has 0 saturated carbocycles. The predicted octanol–water partition coefficient (Wildman–Crippen LogP) is 6.15. The van der Waals surface area contributed by atoms with Gasteiger partial charge in [0.05, 0.1) is 5.69 Å². The van der Waals surface area contributed by atoms with E-state index in [1.807, 2.05) is 29.6 Å². The Kier molecular flexibility index (Phi) is 6.72. The molecule has 6 heteroatoms. The number of aromatic nitrogens is 1. The van der Waals surface area contributed by atoms with Crippen LogP contribution in [0.5, 0.6) is 0 Å². The summed E-state index contributed by atoms with van der Waals surface area (Å²) in [6.45, 7) is 2.14. The fourth-order valence-corrected chi connectivity index (χ4v) is 4.06. The van der Waals surface area contributed by atoms with E-state index >= 15 is 0 Å². The molecule has 1 aromatic heterocycles. The van der Waals surface area contributed by atoms with Gasteiger partial charge in [0.15, 0.2) is 5.13 Å². The number of nitrogens with one attached hydrogen (secondary N) is 1. The molecule has 0 aliphatic rings. The first-order valence-corrected chi connectivity index (χ1v) is 10.6. The molecule has 0 saturated heterocycles. The Morgan fingerprint density at radius 3 is 2.58 bits per heavy atom. The minimum atomic E-state index is -0.0197. The molecule has 3 aromatic rings. The SMILES string of the molecule is CCc1ccc(-c2csc(NC(=O)CCSc3ccc(Cl)cc3)n2)cc1. The maximum atomic E-state index is 12.1. The van der Waals surface area contributed by atoms with Crippen molar-refractivity contribution in [1.82, 2.24) is 4.98 Å². The first kappa shape index (κ1) is 19.0. The highest BCUT2D eigenvalue weighted by atomic mass is 35.5. The number of aryl methyl sites for hydroxylation is 1. The third kappa shape index (κ3) is 5.34. The zero-order chi connectivity index (χ0) is 18.4. The number of thiazole rings is 1. The van der Waals surface area contributed by atoms with E-state index in [0.29, 0.717) is 17.3 Å². The molecular weight excluding hydrogens is 384 g/mol. The van der Waals surface area contributed by atoms with E-state index in [4.69, 9.17) is 11.6 Å². The van der Waals surface area contributed by atoms with Crippen LogP contribution >= 0.6 is 34.7 Å². The number of nitrogens with zero attached hydrogens (tertiary/aromatic N) is 1. The quantitative estimate of drug-likeness (QED) is 0.482. The van der Waals surface area contributed by atoms with Crippen molar-refractivity contribution in [2.45, 2.75) is 24.7 Å². The van der Waals surface area contributed by atoms with Crippen LogP contribution in [0.15, 0.2) is 58.8 Å². The summed E-state index contributed by atoms with van der Waals surface area (Å²) in [6, 6.07) is 16.0. The van der Waals surface area contributed by atoms with Gasteiger partial charge in [0.1, 0.15) is 0 Å². The molecule has 1 amide bonds. The molecule has 1 N–H and O–H groups in total. The molecule has 26 heavy (non-hydrogen) atoms. The average Bonchev–Trinajstić information content (AvgIpc) is 3.12. The van der Waals surface area contributed by atoms with Crippen LogP contribution in [0.25, 0.3) is 11.3 Å². The van der Waals surface area contributed by atoms with Gasteiger partial charge in [-0.2, -0.15) is 0 Å². The molecular formula is C20H19ClN2OS2. The topological polar surface area (TPSA) is 42.0 Å². The lowest BCUT2D eigenvalue weighted by Crippen LogP contribution is -2.11. The molecule has 3 rings (SSSR count). The number of carbonyl (C=O) groups is 1. The van der Waals surface area contributed by atoms with Crippen molar-refractivity contribution in [3.8, 4) is 11.3 Å². The van der Waals surface area contributed by atoms with E-state index < -0.39 is 0 Å². The highest BCUT2D eigenvalue weighted by Gasteiger charge is 2.08. The highest BCUT2D eigenvalue weighted by Crippen LogP contribution is 2.26. The number of carbonyl (C=O) groups excluding carboxylic acids is 1. The van der Waals surface area contributed by atoms with Gasteiger partial charge in [0.2, 0.25) is 5.91 Å². The summed E-state index contributed by atoms with van der Waals surface area (Å²) < 4.78 is 0. The third-order valence-corrected chi connectivity index (χ3v) is 5.84. The highest BCUT2D eigenvalue weighted by molar-refractivity contribution is 7.99. The van der Waals surface area contributed by atoms with Crippen LogP contribution in [-0.4, -0.2) is 16.6 Å². The first-order chi connectivity index (χ1) is 12.6. The number of hydrogen-bond donors (Lipinski definition) is 1. The fraction of sp³-hybridized carbons (Fsp3) is 0.200. The van der Waals surface area contributed by atoms with Gasteiger partial charge in [0, 0.05) is 33.0 Å². The molecule has 0 aliphatic carbocycles. The lowest BCUT2D eigenvalue weighted by Gasteiger charge is -2.03. The van der Waals surface area contributed by atoms with Gasteiger partial charge >= 0.3 is 0 Å². The smallest absolute Gasteiger partial charge is 0.226 e. The van der Waals surface area contributed by atoms with Crippen LogP contribution in [0.4, 0.5) is 5.13 Å². The lowest BCUT2D eigenvalue weighted by molar-refractivity contribution is -0.115. The molecule has 2 aromatic carbocycles. The van der Waals surface area contributed by atoms with Crippen molar-refractivity contribution in [2.24, 2.45) is 0 Å². The normalized spacial score (nSPS) is 10.7. The number of halogens is 1. The summed E-state index contributed by atoms with van der Waals surface area (Å²) in [5, 5.41) is 6.21. The van der Waals surface area contributed by atoms with Crippen molar-refractivity contribution in [3.63, 3.8) is 0 Å². The number of amides is 1. The Bertz CT molecular complexity index is 860. The molecule has 0 bridgehead atoms. The number of benzene rings is 2. The second-order valence-electron chi connectivity index (χ2n) is 5.69. The van der Waals surface area contributed by atoms with E-state index in [1.165, 1.54) is 16.9 Å². The summed E-state index contributed by atoms with van der Waals surface area (Å²) in [5.41, 5.74) is 3.26. The van der Waals surface area contributed by atoms with Crippen molar-refractivity contribution in [3.05, 3.63) is 64.5 Å². The summed E-state index contributed by atoms with van der Waals surface area (Å²) in [6.07, 6.45) is 1.46. The summed E-state index contributed by atoms with van der Waals surface area (Å²) in [4.78, 5) is 17.7. The van der Waals surface area contributed by atoms with Gasteiger partial charge < -0.3 is 5.32 Å². The van der Waals surface area contributed by atoms with Crippen molar-refractivity contribution >= 4 is 45.7 Å². The molecule has 0 unspecified atom stereocenters. The molecule has 134 valence electrons. The van der Waals surface area contributed by atoms with E-state index in [2.05, 4.69) is 41.5 Å². The molecule has 0 aliphatic heterocycles. The Morgan fingerprint density at radius 2 is 1.88 bits per heavy atom. The van der Waals surface area contributed by atoms with E-state index in [0.717, 1.165) is 27.6 Å². The molecule has 1 heterocycles. The van der Waals surface area contributed by atoms with Crippen LogP contribution in [0.2, 0.25) is 5.02 Å². The molecule has 0 spiro atoms. The molecule has 0 atom stereocenters. The van der Waals surface area contributed by atoms with Crippen molar-refractivity contribution in [1.29, 1.82) is 0 Å². The number of hydrogen-bond acceptors (Lipinski definition) is 4. The average molecular weight is 403 g/mol. The zero-order valence-electron chi connectivity index (χ0n) is 14.4. The van der Waals surface area contributed by atoms with Gasteiger partial charge in [0.25, 0.3) is 0 Å². The second-order valence-corrected chi connectivity index (χ2v) is 8.15. The van der Waals surface area contributed by atoms with Crippen molar-refractivity contribution in [2.75, 3.05) is 11.1 Å². The maximum absolute atomic E-state index is 12.1. The van der Waals surface area contributed by atoms with Gasteiger partial charge in [-0.3, -0.25) is 4.79 Å². The van der Waals surface area contributed by atoms with Crippen LogP contribution in [-0.2, 0) is 11.2 Å². The Labute approximate surface area is 166 Å². The number of rotatable bonds is 7. The molecule has 3 nitrogen and oxygen atoms in total. The minimum absolute atomic E-state index is 0.0197. The van der Waals surface area contributed by atoms with E-state index in [9.17, 15) is 4.79 Å². The minimum Gasteiger partial charge on any atom is -0.302 e. The molecule has 0 radical (unpaired) electrons. The summed E-state index contributed by atoms with van der Waals surface area (Å²) in [7, 11) is 0. The fourth-order valence-electron chi connectivity index (χ4n) is 2.35. The van der Waals surface area contributed by atoms with Crippen LogP contribution in [0.3, 0.4) is 0 Å². The van der Waals surface area contributed by atoms with E-state index in [-0.39, 0.29) is 5.91 Å². The Morgan fingerprint density at radius 1 is 1.15 bits per heavy atom. The van der Waals surface area contributed by atoms with Crippen LogP contribution in [0, 0.1) is 0 Å². The van der Waals surface area contributed by atoms with Crippen molar-refractivity contribution < 1.29 is 4.79 Å². The van der Waals surface area contributed by atoms with Crippen LogP contribution in [0.1, 0.15) is 18.9 Å². The van der Waals surface area contributed by atoms with Gasteiger partial charge in [-0.05, 0) is 36.2 Å². The monoisotopic (exact) mass is 402 g/mol. The maximum Gasteiger partial charge on any atom is 0.226 e. The largest absolute Gasteiger partial charge is 0.302 e. The number of anilines is 1. The predicted molar refractivity (Wildman–Crippen MR) is 112 cm³/mol. The second kappa shape index (κ2) is 9.21. The van der Waals surface area contributed by atoms with Crippen LogP contribution < -0.4 is 5.32 Å². The standard InChI is InChI=1S/C20H19ClN2OS2/c1-2-14-3-5-15(6-4-14)18-13-26-20(22-18)23-19(24)11-12-25-17-9-7-16(21)8-10-17/h3-10,13H,2,11-12H2,1H3,(H,22,23,24). The number of thioether (sulfide) groups is 1. The third-order valence-electron chi connectivity index (χ3n) is 3.82. The zero-order valence-corrected chi connectivity index (χ0v) is 16.8. The van der Waals surface area contributed by atoms with E-state index in [1.54, 1.807) is 11.8 Å². The molecule has 0 fully saturated rings. The Hall–Kier alpha value is -1.82. The first-order valence-electron chi connectivity index (χ1n) is 8.37. The lowest BCUT2D eigenvalue weighted by atomic mass is 10.1. The van der Waals surface area contributed by atoms with Gasteiger partial charge in [-0.25, -0.2) is 4.98 Å². The summed E-state index contributed by atoms with van der Waals surface area (Å²) in [5.74, 6) is 0.693.